The van der Waals surface area contributed by atoms with E-state index in [-0.39, 0.29) is 25.4 Å². The van der Waals surface area contributed by atoms with E-state index in [0.717, 1.165) is 0 Å². The number of likely N-dealkylation sites (tertiary alicyclic amines) is 1. The van der Waals surface area contributed by atoms with E-state index in [1.165, 1.54) is 9.80 Å². The van der Waals surface area contributed by atoms with E-state index in [1.54, 1.807) is 67.6 Å². The Hall–Kier alpha value is -3.51. The maximum atomic E-state index is 15.0. The predicted molar refractivity (Wildman–Crippen MR) is 169 cm³/mol. The molecule has 4 aliphatic heterocycles. The van der Waals surface area contributed by atoms with Gasteiger partial charge in [0, 0.05) is 28.2 Å². The minimum Gasteiger partial charge on any atom is -0.460 e. The molecule has 6 rings (SSSR count). The van der Waals surface area contributed by atoms with E-state index in [4.69, 9.17) is 21.1 Å². The normalized spacial score (nSPS) is 31.7. The lowest BCUT2D eigenvalue weighted by atomic mass is 9.74. The second kappa shape index (κ2) is 12.7. The molecular formula is C33H33BrClN3O7. The first-order valence-electron chi connectivity index (χ1n) is 14.9. The van der Waals surface area contributed by atoms with E-state index < -0.39 is 66.1 Å². The average molecular weight is 699 g/mol. The van der Waals surface area contributed by atoms with Crippen LogP contribution in [0.3, 0.4) is 0 Å². The number of carbonyl (C=O) groups is 4. The van der Waals surface area contributed by atoms with Crippen molar-refractivity contribution >= 4 is 56.9 Å². The summed E-state index contributed by atoms with van der Waals surface area (Å²) in [5.41, 5.74) is -0.370. The number of allylic oxidation sites excluding steroid dienone is 1. The monoisotopic (exact) mass is 697 g/mol. The van der Waals surface area contributed by atoms with Gasteiger partial charge in [-0.25, -0.2) is 0 Å². The molecule has 2 fully saturated rings. The average Bonchev–Trinajstić information content (AvgIpc) is 3.62. The summed E-state index contributed by atoms with van der Waals surface area (Å²) in [4.78, 5) is 58.8. The van der Waals surface area contributed by atoms with Crippen LogP contribution in [-0.2, 0) is 28.7 Å². The number of amides is 3. The summed E-state index contributed by atoms with van der Waals surface area (Å²) in [5.74, 6) is -3.99. The molecule has 2 saturated heterocycles. The lowest BCUT2D eigenvalue weighted by Gasteiger charge is -2.38. The van der Waals surface area contributed by atoms with E-state index in [9.17, 15) is 24.3 Å². The third kappa shape index (κ3) is 5.60. The maximum Gasteiger partial charge on any atom is 0.313 e. The molecule has 2 aromatic carbocycles. The number of aliphatic hydroxyl groups is 1. The van der Waals surface area contributed by atoms with Gasteiger partial charge in [-0.2, -0.15) is 0 Å². The number of benzene rings is 2. The van der Waals surface area contributed by atoms with Crippen LogP contribution >= 0.6 is 27.5 Å². The fourth-order valence-corrected chi connectivity index (χ4v) is 7.70. The number of nitrogens with one attached hydrogen (secondary N) is 1. The van der Waals surface area contributed by atoms with Crippen molar-refractivity contribution in [3.8, 4) is 0 Å². The Labute approximate surface area is 274 Å². The molecule has 0 radical (unpaired) electrons. The van der Waals surface area contributed by atoms with Gasteiger partial charge in [-0.05, 0) is 49.2 Å². The smallest absolute Gasteiger partial charge is 0.313 e. The number of cyclic esters (lactones) is 1. The van der Waals surface area contributed by atoms with Gasteiger partial charge >= 0.3 is 5.97 Å². The van der Waals surface area contributed by atoms with Gasteiger partial charge in [0.1, 0.15) is 29.8 Å². The quantitative estimate of drug-likeness (QED) is 0.369. The molecule has 1 spiro atoms. The number of ether oxygens (including phenoxy) is 2. The van der Waals surface area contributed by atoms with Crippen molar-refractivity contribution in [2.45, 2.75) is 49.7 Å². The van der Waals surface area contributed by atoms with Crippen LogP contribution in [-0.4, -0.2) is 77.2 Å². The number of anilines is 1. The van der Waals surface area contributed by atoms with Gasteiger partial charge in [0.25, 0.3) is 5.91 Å². The molecule has 12 heteroatoms. The summed E-state index contributed by atoms with van der Waals surface area (Å²) in [6.45, 7) is 1.42. The number of fused-ring (bicyclic) bond motifs is 2. The molecule has 0 aliphatic carbocycles. The van der Waals surface area contributed by atoms with Crippen molar-refractivity contribution in [2.75, 3.05) is 24.6 Å². The third-order valence-corrected chi connectivity index (χ3v) is 9.80. The summed E-state index contributed by atoms with van der Waals surface area (Å²) in [6.07, 6.45) is 4.45. The molecular weight excluding hydrogens is 666 g/mol. The molecule has 0 unspecified atom stereocenters. The zero-order valence-electron chi connectivity index (χ0n) is 24.5. The van der Waals surface area contributed by atoms with Gasteiger partial charge in [0.15, 0.2) is 0 Å². The Bertz CT molecular complexity index is 1550. The lowest BCUT2D eigenvalue weighted by molar-refractivity contribution is -0.159. The van der Waals surface area contributed by atoms with E-state index in [1.807, 2.05) is 12.1 Å². The Balaban J connectivity index is 1.51. The topological polar surface area (TPSA) is 125 Å². The number of hydrogen-bond acceptors (Lipinski definition) is 7. The molecule has 4 aliphatic rings. The molecule has 0 saturated carbocycles. The van der Waals surface area contributed by atoms with Crippen LogP contribution in [0, 0.1) is 11.8 Å². The summed E-state index contributed by atoms with van der Waals surface area (Å²) < 4.78 is 12.8. The van der Waals surface area contributed by atoms with Crippen LogP contribution in [0.1, 0.15) is 31.4 Å². The van der Waals surface area contributed by atoms with Gasteiger partial charge < -0.3 is 29.7 Å². The molecule has 7 atom stereocenters. The predicted octanol–water partition coefficient (Wildman–Crippen LogP) is 3.68. The van der Waals surface area contributed by atoms with Crippen molar-refractivity contribution in [3.05, 3.63) is 87.9 Å². The van der Waals surface area contributed by atoms with Crippen molar-refractivity contribution in [1.29, 1.82) is 0 Å². The number of esters is 1. The Morgan fingerprint density at radius 1 is 1.07 bits per heavy atom. The lowest BCUT2D eigenvalue weighted by Crippen LogP contribution is -2.57. The molecule has 2 N–H and O–H groups in total. The minimum absolute atomic E-state index is 0.103. The van der Waals surface area contributed by atoms with Crippen LogP contribution in [0.15, 0.2) is 77.3 Å². The summed E-state index contributed by atoms with van der Waals surface area (Å²) >= 11 is 9.73. The Kier molecular flexibility index (Phi) is 8.89. The van der Waals surface area contributed by atoms with Gasteiger partial charge in [-0.1, -0.05) is 70.0 Å². The largest absolute Gasteiger partial charge is 0.460 e. The van der Waals surface area contributed by atoms with Gasteiger partial charge in [-0.15, -0.1) is 0 Å². The van der Waals surface area contributed by atoms with Crippen LogP contribution in [0.5, 0.6) is 0 Å². The number of aliphatic hydroxyl groups excluding tert-OH is 1. The van der Waals surface area contributed by atoms with Gasteiger partial charge in [0.05, 0.1) is 25.1 Å². The third-order valence-electron chi connectivity index (χ3n) is 8.86. The standard InChI is InChI=1S/C33H33BrClN3O7/c1-19-17-36-25(40)10-6-3-7-15-37(22-13-11-21(35)12-14-22)31(42)29-33-16-23(34)28(45-33)26(32(43)44-19)27(33)30(41)38(29)24(18-39)20-8-4-2-5-9-20/h2-5,7-9,11-14,16,19,24,26-29,39H,6,10,15,17-18H2,1H3,(H,36,40)/b7-3-/t19-,24-,26+,27-,28+,29+,33-/m1/s1. The first-order chi connectivity index (χ1) is 21.7. The number of rotatable bonds is 4. The summed E-state index contributed by atoms with van der Waals surface area (Å²) in [5, 5.41) is 14.0. The number of carbonyl (C=O) groups excluding carboxylic acids is 4. The van der Waals surface area contributed by atoms with Crippen LogP contribution in [0.25, 0.3) is 0 Å². The number of nitrogens with zero attached hydrogens (tertiary/aromatic N) is 2. The van der Waals surface area contributed by atoms with E-state index in [0.29, 0.717) is 27.2 Å². The Morgan fingerprint density at radius 3 is 2.51 bits per heavy atom. The van der Waals surface area contributed by atoms with Crippen molar-refractivity contribution < 1.29 is 33.8 Å². The van der Waals surface area contributed by atoms with Crippen LogP contribution in [0.2, 0.25) is 5.02 Å². The van der Waals surface area contributed by atoms with Crippen LogP contribution in [0.4, 0.5) is 5.69 Å². The van der Waals surface area contributed by atoms with Crippen molar-refractivity contribution in [2.24, 2.45) is 11.8 Å². The minimum atomic E-state index is -1.52. The first kappa shape index (κ1) is 31.5. The van der Waals surface area contributed by atoms with Gasteiger partial charge in [-0.3, -0.25) is 19.2 Å². The molecule has 236 valence electrons. The molecule has 10 nitrogen and oxygen atoms in total. The maximum absolute atomic E-state index is 15.0. The highest BCUT2D eigenvalue weighted by Gasteiger charge is 2.75. The van der Waals surface area contributed by atoms with Crippen molar-refractivity contribution in [1.82, 2.24) is 10.2 Å². The molecule has 4 heterocycles. The fourth-order valence-electron chi connectivity index (χ4n) is 6.84. The Morgan fingerprint density at radius 2 is 1.80 bits per heavy atom. The highest BCUT2D eigenvalue weighted by molar-refractivity contribution is 9.11. The zero-order chi connectivity index (χ0) is 31.9. The second-order valence-electron chi connectivity index (χ2n) is 11.7. The van der Waals surface area contributed by atoms with Gasteiger partial charge in [0.2, 0.25) is 11.8 Å². The summed E-state index contributed by atoms with van der Waals surface area (Å²) in [6, 6.07) is 13.6. The molecule has 45 heavy (non-hydrogen) atoms. The zero-order valence-corrected chi connectivity index (χ0v) is 26.8. The molecule has 3 amide bonds. The van der Waals surface area contributed by atoms with Crippen LogP contribution < -0.4 is 10.2 Å². The second-order valence-corrected chi connectivity index (χ2v) is 13.0. The summed E-state index contributed by atoms with van der Waals surface area (Å²) in [7, 11) is 0. The fraction of sp³-hybridized carbons (Fsp3) is 0.394. The van der Waals surface area contributed by atoms with E-state index >= 15 is 0 Å². The molecule has 0 aromatic heterocycles. The SMILES string of the molecule is C[C@@H]1CNC(=O)CC/C=C\CN(c2ccc(Cl)cc2)C(=O)[C@@H]2N([C@H](CO)c3ccccc3)C(=O)[C@H]3[C@H](C(=O)O1)[C@H]1O[C@@]23C=C1Br. The first-order valence-corrected chi connectivity index (χ1v) is 16.1. The highest BCUT2D eigenvalue weighted by atomic mass is 79.9. The van der Waals surface area contributed by atoms with Crippen molar-refractivity contribution in [3.63, 3.8) is 0 Å². The molecule has 2 aromatic rings. The number of hydrogen-bond donors (Lipinski definition) is 2. The van der Waals surface area contributed by atoms with E-state index in [2.05, 4.69) is 21.2 Å². The molecule has 5 bridgehead atoms. The number of halogens is 2. The highest BCUT2D eigenvalue weighted by Crippen LogP contribution is 2.60.